The molecule has 3 rings (SSSR count). The van der Waals surface area contributed by atoms with E-state index in [4.69, 9.17) is 0 Å². The number of nitrogens with one attached hydrogen (secondary N) is 1. The Bertz CT molecular complexity index is 896. The second-order valence-electron chi connectivity index (χ2n) is 5.68. The van der Waals surface area contributed by atoms with Gasteiger partial charge in [0.2, 0.25) is 0 Å². The summed E-state index contributed by atoms with van der Waals surface area (Å²) in [7, 11) is 0. The molecule has 3 aromatic rings. The van der Waals surface area contributed by atoms with E-state index >= 15 is 0 Å². The van der Waals surface area contributed by atoms with Gasteiger partial charge in [-0.2, -0.15) is 0 Å². The van der Waals surface area contributed by atoms with Gasteiger partial charge in [0.25, 0.3) is 5.91 Å². The van der Waals surface area contributed by atoms with E-state index in [-0.39, 0.29) is 11.7 Å². The summed E-state index contributed by atoms with van der Waals surface area (Å²) >= 11 is 1.39. The van der Waals surface area contributed by atoms with Crippen molar-refractivity contribution in [1.29, 1.82) is 0 Å². The molecule has 4 nitrogen and oxygen atoms in total. The minimum atomic E-state index is -0.239. The topological polar surface area (TPSA) is 59.1 Å². The van der Waals surface area contributed by atoms with Crippen LogP contribution in [0, 0.1) is 0 Å². The first-order valence-corrected chi connectivity index (χ1v) is 8.92. The molecule has 25 heavy (non-hydrogen) atoms. The summed E-state index contributed by atoms with van der Waals surface area (Å²) in [4.78, 5) is 28.1. The highest BCUT2D eigenvalue weighted by molar-refractivity contribution is 7.14. The van der Waals surface area contributed by atoms with Gasteiger partial charge in [-0.15, -0.1) is 11.3 Å². The molecule has 0 aliphatic carbocycles. The van der Waals surface area contributed by atoms with Gasteiger partial charge in [-0.3, -0.25) is 14.9 Å². The zero-order valence-electron chi connectivity index (χ0n) is 14.1. The van der Waals surface area contributed by atoms with Gasteiger partial charge in [0.05, 0.1) is 5.69 Å². The average Bonchev–Trinajstić information content (AvgIpc) is 3.10. The van der Waals surface area contributed by atoms with E-state index in [0.29, 0.717) is 16.3 Å². The van der Waals surface area contributed by atoms with E-state index in [2.05, 4.69) is 29.4 Å². The third-order valence-corrected chi connectivity index (χ3v) is 4.69. The van der Waals surface area contributed by atoms with Gasteiger partial charge in [-0.05, 0) is 31.0 Å². The van der Waals surface area contributed by atoms with Crippen LogP contribution in [0.25, 0.3) is 11.3 Å². The fourth-order valence-corrected chi connectivity index (χ4v) is 3.12. The van der Waals surface area contributed by atoms with Crippen molar-refractivity contribution < 1.29 is 9.59 Å². The zero-order valence-corrected chi connectivity index (χ0v) is 14.9. The van der Waals surface area contributed by atoms with Crippen LogP contribution in [0.5, 0.6) is 0 Å². The Kier molecular flexibility index (Phi) is 5.05. The fraction of sp³-hybridized carbons (Fsp3) is 0.150. The van der Waals surface area contributed by atoms with Crippen LogP contribution in [0.3, 0.4) is 0 Å². The number of Topliss-reactive ketones (excluding diaryl/α,β-unsaturated/α-hetero) is 1. The number of carbonyl (C=O) groups is 2. The number of aryl methyl sites for hydroxylation is 1. The average molecular weight is 350 g/mol. The summed E-state index contributed by atoms with van der Waals surface area (Å²) in [5, 5.41) is 5.28. The number of carbonyl (C=O) groups excluding carboxylic acids is 2. The first-order valence-electron chi connectivity index (χ1n) is 8.04. The van der Waals surface area contributed by atoms with E-state index in [0.717, 1.165) is 17.7 Å². The number of hydrogen-bond acceptors (Lipinski definition) is 4. The maximum atomic E-state index is 12.3. The van der Waals surface area contributed by atoms with Crippen LogP contribution in [0.4, 0.5) is 5.13 Å². The van der Waals surface area contributed by atoms with Crippen molar-refractivity contribution >= 4 is 28.2 Å². The standard InChI is InChI=1S/C20H18N2O2S/c1-3-14-4-6-16(7-5-14)18-12-25-20(21-18)22-19(24)17-10-8-15(9-11-17)13(2)23/h4-12H,3H2,1-2H3,(H,21,22,24). The predicted octanol–water partition coefficient (Wildman–Crippen LogP) is 4.83. The summed E-state index contributed by atoms with van der Waals surface area (Å²) in [5.41, 5.74) is 4.23. The van der Waals surface area contributed by atoms with Crippen molar-refractivity contribution in [1.82, 2.24) is 4.98 Å². The van der Waals surface area contributed by atoms with Crippen molar-refractivity contribution in [3.63, 3.8) is 0 Å². The van der Waals surface area contributed by atoms with Crippen molar-refractivity contribution in [2.24, 2.45) is 0 Å². The molecule has 2 aromatic carbocycles. The Labute approximate surface area is 150 Å². The van der Waals surface area contributed by atoms with E-state index in [1.54, 1.807) is 24.3 Å². The monoisotopic (exact) mass is 350 g/mol. The molecule has 0 saturated carbocycles. The van der Waals surface area contributed by atoms with Crippen molar-refractivity contribution in [2.75, 3.05) is 5.32 Å². The molecule has 0 fully saturated rings. The highest BCUT2D eigenvalue weighted by atomic mass is 32.1. The van der Waals surface area contributed by atoms with E-state index in [1.807, 2.05) is 17.5 Å². The lowest BCUT2D eigenvalue weighted by molar-refractivity contribution is 0.100. The number of ketones is 1. The first kappa shape index (κ1) is 17.0. The molecule has 0 aliphatic rings. The van der Waals surface area contributed by atoms with Crippen LogP contribution < -0.4 is 5.32 Å². The van der Waals surface area contributed by atoms with Gasteiger partial charge in [-0.1, -0.05) is 43.3 Å². The Morgan fingerprint density at radius 1 is 1.00 bits per heavy atom. The number of thiazole rings is 1. The van der Waals surface area contributed by atoms with Crippen LogP contribution >= 0.6 is 11.3 Å². The lowest BCUT2D eigenvalue weighted by Gasteiger charge is -2.03. The van der Waals surface area contributed by atoms with Crippen molar-refractivity contribution in [3.8, 4) is 11.3 Å². The summed E-state index contributed by atoms with van der Waals surface area (Å²) in [6, 6.07) is 14.8. The normalized spacial score (nSPS) is 10.5. The molecule has 0 radical (unpaired) electrons. The Hall–Kier alpha value is -2.79. The Balaban J connectivity index is 1.71. The number of benzene rings is 2. The maximum absolute atomic E-state index is 12.3. The number of amides is 1. The van der Waals surface area contributed by atoms with Gasteiger partial charge in [-0.25, -0.2) is 4.98 Å². The number of nitrogens with zero attached hydrogens (tertiary/aromatic N) is 1. The van der Waals surface area contributed by atoms with Crippen LogP contribution in [-0.4, -0.2) is 16.7 Å². The number of hydrogen-bond donors (Lipinski definition) is 1. The molecular weight excluding hydrogens is 332 g/mol. The van der Waals surface area contributed by atoms with E-state index in [9.17, 15) is 9.59 Å². The minimum Gasteiger partial charge on any atom is -0.298 e. The van der Waals surface area contributed by atoms with Crippen LogP contribution in [-0.2, 0) is 6.42 Å². The molecule has 1 heterocycles. The maximum Gasteiger partial charge on any atom is 0.257 e. The van der Waals surface area contributed by atoms with Crippen LogP contribution in [0.15, 0.2) is 53.9 Å². The largest absolute Gasteiger partial charge is 0.298 e. The Morgan fingerprint density at radius 3 is 2.24 bits per heavy atom. The van der Waals surface area contributed by atoms with Gasteiger partial charge < -0.3 is 0 Å². The number of rotatable bonds is 5. The fourth-order valence-electron chi connectivity index (χ4n) is 2.40. The summed E-state index contributed by atoms with van der Waals surface area (Å²) in [5.74, 6) is -0.261. The minimum absolute atomic E-state index is 0.0226. The van der Waals surface area contributed by atoms with E-state index in [1.165, 1.54) is 23.8 Å². The van der Waals surface area contributed by atoms with Gasteiger partial charge in [0.1, 0.15) is 0 Å². The number of aromatic nitrogens is 1. The highest BCUT2D eigenvalue weighted by Gasteiger charge is 2.10. The molecular formula is C20H18N2O2S. The van der Waals surface area contributed by atoms with Crippen molar-refractivity contribution in [3.05, 3.63) is 70.6 Å². The van der Waals surface area contributed by atoms with Gasteiger partial charge in [0, 0.05) is 22.1 Å². The predicted molar refractivity (Wildman–Crippen MR) is 101 cm³/mol. The third kappa shape index (κ3) is 4.00. The highest BCUT2D eigenvalue weighted by Crippen LogP contribution is 2.25. The summed E-state index contributed by atoms with van der Waals surface area (Å²) in [6.45, 7) is 3.62. The molecule has 0 saturated heterocycles. The van der Waals surface area contributed by atoms with Gasteiger partial charge in [0.15, 0.2) is 10.9 Å². The van der Waals surface area contributed by atoms with E-state index < -0.39 is 0 Å². The Morgan fingerprint density at radius 2 is 1.64 bits per heavy atom. The molecule has 1 aromatic heterocycles. The summed E-state index contributed by atoms with van der Waals surface area (Å²) in [6.07, 6.45) is 1.00. The molecule has 0 spiro atoms. The van der Waals surface area contributed by atoms with Crippen LogP contribution in [0.2, 0.25) is 0 Å². The first-order chi connectivity index (χ1) is 12.1. The molecule has 0 atom stereocenters. The molecule has 5 heteroatoms. The second-order valence-corrected chi connectivity index (χ2v) is 6.53. The lowest BCUT2D eigenvalue weighted by atomic mass is 10.1. The molecule has 1 N–H and O–H groups in total. The molecule has 0 unspecified atom stereocenters. The molecule has 0 bridgehead atoms. The third-order valence-electron chi connectivity index (χ3n) is 3.94. The second kappa shape index (κ2) is 7.40. The molecule has 0 aliphatic heterocycles. The quantitative estimate of drug-likeness (QED) is 0.671. The number of anilines is 1. The SMILES string of the molecule is CCc1ccc(-c2csc(NC(=O)c3ccc(C(C)=O)cc3)n2)cc1. The molecule has 1 amide bonds. The summed E-state index contributed by atoms with van der Waals surface area (Å²) < 4.78 is 0. The molecule has 126 valence electrons. The van der Waals surface area contributed by atoms with Gasteiger partial charge >= 0.3 is 0 Å². The lowest BCUT2D eigenvalue weighted by Crippen LogP contribution is -2.11. The smallest absolute Gasteiger partial charge is 0.257 e. The van der Waals surface area contributed by atoms with Crippen LogP contribution in [0.1, 0.15) is 40.1 Å². The van der Waals surface area contributed by atoms with Crippen molar-refractivity contribution in [2.45, 2.75) is 20.3 Å². The zero-order chi connectivity index (χ0) is 17.8.